The molecule has 0 saturated heterocycles. The minimum atomic E-state index is -0.552. The number of carbonyl (C=O) groups excluding carboxylic acids is 2. The minimum Gasteiger partial charge on any atom is -0.497 e. The molecule has 0 saturated carbocycles. The summed E-state index contributed by atoms with van der Waals surface area (Å²) in [4.78, 5) is 28.0. The fraction of sp³-hybridized carbons (Fsp3) is 0.440. The molecular formula is C25H33ClN2O3S. The normalized spacial score (nSPS) is 12.2. The highest BCUT2D eigenvalue weighted by molar-refractivity contribution is 7.99. The number of hydrogen-bond acceptors (Lipinski definition) is 4. The fourth-order valence-electron chi connectivity index (χ4n) is 3.26. The second-order valence-electron chi connectivity index (χ2n) is 8.66. The number of nitrogens with one attached hydrogen (secondary N) is 1. The number of carbonyl (C=O) groups is 2. The summed E-state index contributed by atoms with van der Waals surface area (Å²) in [5, 5.41) is 3.71. The van der Waals surface area contributed by atoms with Gasteiger partial charge in [0.25, 0.3) is 0 Å². The van der Waals surface area contributed by atoms with E-state index >= 15 is 0 Å². The van der Waals surface area contributed by atoms with Gasteiger partial charge in [0.1, 0.15) is 11.8 Å². The summed E-state index contributed by atoms with van der Waals surface area (Å²) in [6.45, 7) is 8.09. The number of nitrogens with zero attached hydrogens (tertiary/aromatic N) is 1. The van der Waals surface area contributed by atoms with Crippen molar-refractivity contribution in [3.8, 4) is 5.75 Å². The van der Waals surface area contributed by atoms with Gasteiger partial charge in [-0.3, -0.25) is 9.59 Å². The molecule has 1 atom stereocenters. The van der Waals surface area contributed by atoms with Crippen molar-refractivity contribution in [2.24, 2.45) is 0 Å². The Morgan fingerprint density at radius 3 is 2.41 bits per heavy atom. The second kappa shape index (κ2) is 12.2. The van der Waals surface area contributed by atoms with Crippen molar-refractivity contribution in [2.45, 2.75) is 58.0 Å². The van der Waals surface area contributed by atoms with E-state index in [4.69, 9.17) is 16.3 Å². The lowest BCUT2D eigenvalue weighted by Gasteiger charge is -2.33. The van der Waals surface area contributed by atoms with Gasteiger partial charge in [-0.15, -0.1) is 11.8 Å². The van der Waals surface area contributed by atoms with Crippen LogP contribution in [-0.4, -0.2) is 41.2 Å². The predicted octanol–water partition coefficient (Wildman–Crippen LogP) is 5.30. The molecule has 0 heterocycles. The van der Waals surface area contributed by atoms with Crippen LogP contribution >= 0.6 is 23.4 Å². The van der Waals surface area contributed by atoms with Gasteiger partial charge in [0.15, 0.2) is 0 Å². The summed E-state index contributed by atoms with van der Waals surface area (Å²) >= 11 is 7.48. The molecule has 0 spiro atoms. The van der Waals surface area contributed by atoms with Gasteiger partial charge in [0, 0.05) is 22.9 Å². The van der Waals surface area contributed by atoms with Gasteiger partial charge in [-0.1, -0.05) is 42.8 Å². The first kappa shape index (κ1) is 26.1. The minimum absolute atomic E-state index is 0.0670. The average Bonchev–Trinajstić information content (AvgIpc) is 2.73. The second-order valence-corrected chi connectivity index (χ2v) is 10.1. The first-order valence-corrected chi connectivity index (χ1v) is 12.2. The van der Waals surface area contributed by atoms with Crippen LogP contribution in [0.1, 0.15) is 45.2 Å². The number of thioether (sulfide) groups is 1. The van der Waals surface area contributed by atoms with Gasteiger partial charge in [-0.05, 0) is 62.6 Å². The third-order valence-electron chi connectivity index (χ3n) is 4.78. The van der Waals surface area contributed by atoms with Gasteiger partial charge >= 0.3 is 0 Å². The van der Waals surface area contributed by atoms with Gasteiger partial charge in [0.2, 0.25) is 11.8 Å². The highest BCUT2D eigenvalue weighted by atomic mass is 35.5. The Bertz CT molecular complexity index is 897. The lowest BCUT2D eigenvalue weighted by atomic mass is 10.1. The summed E-state index contributed by atoms with van der Waals surface area (Å²) < 4.78 is 5.32. The Labute approximate surface area is 200 Å². The SMILES string of the molecule is CC[C@H](C(=O)NC(C)(C)C)N(Cc1cccc(OC)c1)C(=O)CSCc1ccc(Cl)cc1. The molecule has 7 heteroatoms. The van der Waals surface area contributed by atoms with E-state index in [1.807, 2.05) is 76.2 Å². The molecular weight excluding hydrogens is 444 g/mol. The quantitative estimate of drug-likeness (QED) is 0.505. The zero-order valence-electron chi connectivity index (χ0n) is 19.5. The van der Waals surface area contributed by atoms with E-state index in [2.05, 4.69) is 5.32 Å². The molecule has 0 bridgehead atoms. The van der Waals surface area contributed by atoms with Crippen LogP contribution in [0.5, 0.6) is 5.75 Å². The van der Waals surface area contributed by atoms with E-state index in [0.717, 1.165) is 16.9 Å². The molecule has 2 aromatic carbocycles. The predicted molar refractivity (Wildman–Crippen MR) is 133 cm³/mol. The molecule has 2 aromatic rings. The molecule has 1 N–H and O–H groups in total. The highest BCUT2D eigenvalue weighted by Gasteiger charge is 2.30. The first-order chi connectivity index (χ1) is 15.1. The maximum absolute atomic E-state index is 13.3. The van der Waals surface area contributed by atoms with Gasteiger partial charge in [0.05, 0.1) is 12.9 Å². The van der Waals surface area contributed by atoms with E-state index in [-0.39, 0.29) is 23.1 Å². The Morgan fingerprint density at radius 1 is 1.12 bits per heavy atom. The Hall–Kier alpha value is -2.18. The van der Waals surface area contributed by atoms with E-state index in [9.17, 15) is 9.59 Å². The zero-order chi connectivity index (χ0) is 23.7. The van der Waals surface area contributed by atoms with Gasteiger partial charge in [-0.25, -0.2) is 0 Å². The molecule has 174 valence electrons. The largest absolute Gasteiger partial charge is 0.497 e. The van der Waals surface area contributed by atoms with Crippen LogP contribution in [0.4, 0.5) is 0 Å². The smallest absolute Gasteiger partial charge is 0.243 e. The molecule has 0 unspecified atom stereocenters. The first-order valence-electron chi connectivity index (χ1n) is 10.7. The highest BCUT2D eigenvalue weighted by Crippen LogP contribution is 2.20. The maximum atomic E-state index is 13.3. The van der Waals surface area contributed by atoms with Crippen LogP contribution < -0.4 is 10.1 Å². The van der Waals surface area contributed by atoms with E-state index in [0.29, 0.717) is 23.7 Å². The molecule has 0 aliphatic carbocycles. The Balaban J connectivity index is 2.17. The van der Waals surface area contributed by atoms with Crippen LogP contribution in [0.2, 0.25) is 5.02 Å². The topological polar surface area (TPSA) is 58.6 Å². The Morgan fingerprint density at radius 2 is 1.81 bits per heavy atom. The maximum Gasteiger partial charge on any atom is 0.243 e. The fourth-order valence-corrected chi connectivity index (χ4v) is 4.26. The summed E-state index contributed by atoms with van der Waals surface area (Å²) in [6, 6.07) is 14.6. The lowest BCUT2D eigenvalue weighted by molar-refractivity contribution is -0.140. The molecule has 5 nitrogen and oxygen atoms in total. The third kappa shape index (κ3) is 8.40. The van der Waals surface area contributed by atoms with Crippen molar-refractivity contribution in [3.05, 3.63) is 64.7 Å². The molecule has 2 amide bonds. The van der Waals surface area contributed by atoms with Crippen LogP contribution in [0, 0.1) is 0 Å². The number of rotatable bonds is 10. The molecule has 0 fully saturated rings. The number of methoxy groups -OCH3 is 1. The van der Waals surface area contributed by atoms with Crippen LogP contribution in [-0.2, 0) is 21.9 Å². The molecule has 0 aromatic heterocycles. The molecule has 0 aliphatic rings. The summed E-state index contributed by atoms with van der Waals surface area (Å²) in [6.07, 6.45) is 0.527. The monoisotopic (exact) mass is 476 g/mol. The number of halogens is 1. The number of hydrogen-bond donors (Lipinski definition) is 1. The summed E-state index contributed by atoms with van der Waals surface area (Å²) in [5.74, 6) is 1.49. The number of benzene rings is 2. The molecule has 0 radical (unpaired) electrons. The third-order valence-corrected chi connectivity index (χ3v) is 6.02. The number of ether oxygens (including phenoxy) is 1. The standard InChI is InChI=1S/C25H33ClN2O3S/c1-6-22(24(30)27-25(2,3)4)28(15-19-8-7-9-21(14-19)31-5)23(29)17-32-16-18-10-12-20(26)13-11-18/h7-14,22H,6,15-17H2,1-5H3,(H,27,30)/t22-/m1/s1. The molecule has 32 heavy (non-hydrogen) atoms. The van der Waals surface area contributed by atoms with Crippen molar-refractivity contribution >= 4 is 35.2 Å². The van der Waals surface area contributed by atoms with Gasteiger partial charge in [-0.2, -0.15) is 0 Å². The van der Waals surface area contributed by atoms with E-state index in [1.54, 1.807) is 12.0 Å². The molecule has 2 rings (SSSR count). The van der Waals surface area contributed by atoms with Crippen molar-refractivity contribution in [1.82, 2.24) is 10.2 Å². The number of amides is 2. The summed E-state index contributed by atoms with van der Waals surface area (Å²) in [7, 11) is 1.61. The lowest BCUT2D eigenvalue weighted by Crippen LogP contribution is -2.53. The van der Waals surface area contributed by atoms with Crippen LogP contribution in [0.15, 0.2) is 48.5 Å². The Kier molecular flexibility index (Phi) is 9.91. The van der Waals surface area contributed by atoms with E-state index in [1.165, 1.54) is 11.8 Å². The molecule has 0 aliphatic heterocycles. The zero-order valence-corrected chi connectivity index (χ0v) is 21.1. The van der Waals surface area contributed by atoms with Crippen LogP contribution in [0.25, 0.3) is 0 Å². The average molecular weight is 477 g/mol. The van der Waals surface area contributed by atoms with Crippen molar-refractivity contribution in [2.75, 3.05) is 12.9 Å². The summed E-state index contributed by atoms with van der Waals surface area (Å²) in [5.41, 5.74) is 1.64. The van der Waals surface area contributed by atoms with Gasteiger partial charge < -0.3 is 15.0 Å². The van der Waals surface area contributed by atoms with E-state index < -0.39 is 6.04 Å². The van der Waals surface area contributed by atoms with Crippen molar-refractivity contribution in [1.29, 1.82) is 0 Å². The van der Waals surface area contributed by atoms with Crippen molar-refractivity contribution < 1.29 is 14.3 Å². The van der Waals surface area contributed by atoms with Crippen LogP contribution in [0.3, 0.4) is 0 Å². The van der Waals surface area contributed by atoms with Crippen molar-refractivity contribution in [3.63, 3.8) is 0 Å².